The molecule has 1 aliphatic heterocycles. The van der Waals surface area contributed by atoms with Crippen molar-refractivity contribution < 1.29 is 9.53 Å². The molecule has 0 spiro atoms. The lowest BCUT2D eigenvalue weighted by Gasteiger charge is -2.26. The molecular formula is C25H23ClN6O2. The average Bonchev–Trinajstić information content (AvgIpc) is 3.31. The van der Waals surface area contributed by atoms with Crippen LogP contribution in [-0.4, -0.2) is 47.3 Å². The van der Waals surface area contributed by atoms with Crippen molar-refractivity contribution in [1.29, 1.82) is 0 Å². The van der Waals surface area contributed by atoms with Gasteiger partial charge in [0.2, 0.25) is 5.95 Å². The van der Waals surface area contributed by atoms with Crippen LogP contribution in [0.3, 0.4) is 0 Å². The lowest BCUT2D eigenvalue weighted by molar-refractivity contribution is 0.122. The maximum absolute atomic E-state index is 12.5. The minimum absolute atomic E-state index is 0.357. The molecule has 2 aromatic heterocycles. The zero-order valence-corrected chi connectivity index (χ0v) is 19.0. The molecule has 0 atom stereocenters. The second-order valence-electron chi connectivity index (χ2n) is 7.79. The Labute approximate surface area is 202 Å². The number of urea groups is 1. The number of ether oxygens (including phenoxy) is 1. The highest BCUT2D eigenvalue weighted by Crippen LogP contribution is 2.33. The van der Waals surface area contributed by atoms with Gasteiger partial charge in [0.05, 0.1) is 24.6 Å². The van der Waals surface area contributed by atoms with Crippen molar-refractivity contribution >= 4 is 35.0 Å². The summed E-state index contributed by atoms with van der Waals surface area (Å²) in [6.45, 7) is 2.88. The minimum Gasteiger partial charge on any atom is -0.378 e. The molecule has 0 saturated carbocycles. The third-order valence-electron chi connectivity index (χ3n) is 5.45. The predicted molar refractivity (Wildman–Crippen MR) is 134 cm³/mol. The van der Waals surface area contributed by atoms with Gasteiger partial charge >= 0.3 is 6.03 Å². The fraction of sp³-hybridized carbons (Fsp3) is 0.160. The predicted octanol–water partition coefficient (Wildman–Crippen LogP) is 5.27. The molecule has 3 N–H and O–H groups in total. The van der Waals surface area contributed by atoms with Gasteiger partial charge in [0.1, 0.15) is 0 Å². The largest absolute Gasteiger partial charge is 0.378 e. The van der Waals surface area contributed by atoms with Crippen molar-refractivity contribution in [3.63, 3.8) is 0 Å². The lowest BCUT2D eigenvalue weighted by atomic mass is 10.1. The van der Waals surface area contributed by atoms with Crippen molar-refractivity contribution in [2.75, 3.05) is 41.8 Å². The number of morpholine rings is 1. The van der Waals surface area contributed by atoms with Crippen molar-refractivity contribution in [2.24, 2.45) is 0 Å². The van der Waals surface area contributed by atoms with Gasteiger partial charge in [-0.05, 0) is 42.5 Å². The second kappa shape index (κ2) is 9.94. The summed E-state index contributed by atoms with van der Waals surface area (Å²) in [6, 6.07) is 18.1. The monoisotopic (exact) mass is 474 g/mol. The van der Waals surface area contributed by atoms with Gasteiger partial charge in [0.15, 0.2) is 0 Å². The lowest BCUT2D eigenvalue weighted by Crippen LogP contribution is -2.36. The molecule has 2 amide bonds. The second-order valence-corrected chi connectivity index (χ2v) is 8.23. The molecule has 8 nitrogen and oxygen atoms in total. The van der Waals surface area contributed by atoms with Crippen LogP contribution in [0.5, 0.6) is 0 Å². The topological polar surface area (TPSA) is 95.2 Å². The third-order valence-corrected chi connectivity index (χ3v) is 5.68. The van der Waals surface area contributed by atoms with E-state index in [0.29, 0.717) is 29.6 Å². The van der Waals surface area contributed by atoms with Crippen LogP contribution in [0.25, 0.3) is 22.5 Å². The summed E-state index contributed by atoms with van der Waals surface area (Å²) >= 11 is 6.00. The van der Waals surface area contributed by atoms with Crippen LogP contribution in [0.1, 0.15) is 0 Å². The zero-order valence-electron chi connectivity index (χ0n) is 18.3. The number of rotatable bonds is 5. The van der Waals surface area contributed by atoms with Gasteiger partial charge in [-0.1, -0.05) is 29.8 Å². The Morgan fingerprint density at radius 2 is 1.65 bits per heavy atom. The quantitative estimate of drug-likeness (QED) is 0.366. The van der Waals surface area contributed by atoms with Crippen LogP contribution in [0, 0.1) is 0 Å². The van der Waals surface area contributed by atoms with E-state index in [9.17, 15) is 4.79 Å². The van der Waals surface area contributed by atoms with E-state index >= 15 is 0 Å². The van der Waals surface area contributed by atoms with Crippen LogP contribution in [0.4, 0.5) is 22.1 Å². The van der Waals surface area contributed by atoms with E-state index in [-0.39, 0.29) is 6.03 Å². The number of hydrogen-bond acceptors (Lipinski definition) is 5. The van der Waals surface area contributed by atoms with Crippen LogP contribution in [0.15, 0.2) is 73.1 Å². The summed E-state index contributed by atoms with van der Waals surface area (Å²) in [5.41, 5.74) is 4.81. The number of halogens is 1. The molecule has 1 saturated heterocycles. The number of carbonyl (C=O) groups is 1. The number of aromatic nitrogens is 3. The molecule has 0 bridgehead atoms. The van der Waals surface area contributed by atoms with E-state index in [1.54, 1.807) is 36.7 Å². The molecule has 2 aromatic carbocycles. The van der Waals surface area contributed by atoms with Gasteiger partial charge in [-0.25, -0.2) is 9.78 Å². The molecule has 1 fully saturated rings. The Morgan fingerprint density at radius 3 is 2.38 bits per heavy atom. The summed E-state index contributed by atoms with van der Waals surface area (Å²) in [6.07, 6.45) is 3.51. The average molecular weight is 475 g/mol. The number of benzene rings is 2. The fourth-order valence-corrected chi connectivity index (χ4v) is 4.02. The molecule has 3 heterocycles. The number of H-pyrrole nitrogens is 1. The van der Waals surface area contributed by atoms with Crippen LogP contribution in [0.2, 0.25) is 5.02 Å². The molecule has 0 radical (unpaired) electrons. The van der Waals surface area contributed by atoms with Crippen LogP contribution in [-0.2, 0) is 4.74 Å². The van der Waals surface area contributed by atoms with Gasteiger partial charge in [0.25, 0.3) is 0 Å². The Hall–Kier alpha value is -3.88. The fourth-order valence-electron chi connectivity index (χ4n) is 3.83. The highest BCUT2D eigenvalue weighted by molar-refractivity contribution is 6.30. The molecule has 34 heavy (non-hydrogen) atoms. The van der Waals surface area contributed by atoms with E-state index in [2.05, 4.69) is 25.5 Å². The van der Waals surface area contributed by atoms with E-state index in [1.165, 1.54) is 0 Å². The third kappa shape index (κ3) is 5.03. The van der Waals surface area contributed by atoms with Crippen molar-refractivity contribution in [3.05, 3.63) is 78.1 Å². The standard InChI is InChI=1S/C25H23ClN6O2/c26-19-4-2-6-21(16-19)29-25(33)28-20-5-1-3-18(15-20)23-22(17-7-9-27-10-8-17)30-24(31-23)32-11-13-34-14-12-32/h1-10,15-16H,11-14H2,(H,30,31)(H2,28,29,33). The molecular weight excluding hydrogens is 452 g/mol. The van der Waals surface area contributed by atoms with Crippen LogP contribution >= 0.6 is 11.6 Å². The Morgan fingerprint density at radius 1 is 0.941 bits per heavy atom. The van der Waals surface area contributed by atoms with Gasteiger partial charge in [-0.2, -0.15) is 0 Å². The van der Waals surface area contributed by atoms with E-state index in [0.717, 1.165) is 41.6 Å². The summed E-state index contributed by atoms with van der Waals surface area (Å²) in [4.78, 5) is 27.3. The number of anilines is 3. The number of pyridine rings is 1. The normalized spacial score (nSPS) is 13.5. The number of aromatic amines is 1. The highest BCUT2D eigenvalue weighted by atomic mass is 35.5. The van der Waals surface area contributed by atoms with Crippen molar-refractivity contribution in [3.8, 4) is 22.5 Å². The number of carbonyl (C=O) groups excluding carboxylic acids is 1. The SMILES string of the molecule is O=C(Nc1cccc(Cl)c1)Nc1cccc(-c2nc(N3CCOCC3)[nH]c2-c2ccncc2)c1. The molecule has 4 aromatic rings. The van der Waals surface area contributed by atoms with Crippen molar-refractivity contribution in [2.45, 2.75) is 0 Å². The number of amides is 2. The summed E-state index contributed by atoms with van der Waals surface area (Å²) in [5.74, 6) is 0.794. The Kier molecular flexibility index (Phi) is 6.42. The maximum Gasteiger partial charge on any atom is 0.323 e. The van der Waals surface area contributed by atoms with Gasteiger partial charge in [0, 0.05) is 53.0 Å². The first-order chi connectivity index (χ1) is 16.7. The highest BCUT2D eigenvalue weighted by Gasteiger charge is 2.20. The first-order valence-corrected chi connectivity index (χ1v) is 11.3. The summed E-state index contributed by atoms with van der Waals surface area (Å²) in [7, 11) is 0. The molecule has 9 heteroatoms. The first-order valence-electron chi connectivity index (χ1n) is 10.9. The Bertz CT molecular complexity index is 1290. The zero-order chi connectivity index (χ0) is 23.3. The molecule has 1 aliphatic rings. The summed E-state index contributed by atoms with van der Waals surface area (Å²) < 4.78 is 5.48. The van der Waals surface area contributed by atoms with Gasteiger partial charge in [-0.3, -0.25) is 4.98 Å². The number of imidazole rings is 1. The number of hydrogen-bond donors (Lipinski definition) is 3. The maximum atomic E-state index is 12.5. The van der Waals surface area contributed by atoms with E-state index in [4.69, 9.17) is 21.3 Å². The molecule has 0 unspecified atom stereocenters. The smallest absolute Gasteiger partial charge is 0.323 e. The van der Waals surface area contributed by atoms with Gasteiger partial charge < -0.3 is 25.3 Å². The number of nitrogens with one attached hydrogen (secondary N) is 3. The van der Waals surface area contributed by atoms with Gasteiger partial charge in [-0.15, -0.1) is 0 Å². The molecule has 0 aliphatic carbocycles. The number of nitrogens with zero attached hydrogens (tertiary/aromatic N) is 3. The molecule has 5 rings (SSSR count). The van der Waals surface area contributed by atoms with Crippen LogP contribution < -0.4 is 15.5 Å². The van der Waals surface area contributed by atoms with E-state index in [1.807, 2.05) is 36.4 Å². The summed E-state index contributed by atoms with van der Waals surface area (Å²) in [5, 5.41) is 6.23. The Balaban J connectivity index is 1.43. The first kappa shape index (κ1) is 21.9. The van der Waals surface area contributed by atoms with E-state index < -0.39 is 0 Å². The molecule has 172 valence electrons. The van der Waals surface area contributed by atoms with Crippen molar-refractivity contribution in [1.82, 2.24) is 15.0 Å². The minimum atomic E-state index is -0.357.